The van der Waals surface area contributed by atoms with E-state index >= 15 is 0 Å². The number of rotatable bonds is 5. The molecule has 2 aromatic rings. The van der Waals surface area contributed by atoms with Crippen LogP contribution in [-0.2, 0) is 10.0 Å². The van der Waals surface area contributed by atoms with Gasteiger partial charge in [-0.2, -0.15) is 4.31 Å². The number of hydrogen-bond donors (Lipinski definition) is 1. The van der Waals surface area contributed by atoms with Crippen molar-refractivity contribution in [3.63, 3.8) is 0 Å². The van der Waals surface area contributed by atoms with Gasteiger partial charge in [-0.25, -0.2) is 8.42 Å². The molecule has 0 atom stereocenters. The minimum atomic E-state index is -3.51. The highest BCUT2D eigenvalue weighted by atomic mass is 32.2. The van der Waals surface area contributed by atoms with E-state index in [1.165, 1.54) is 16.4 Å². The zero-order valence-corrected chi connectivity index (χ0v) is 15.8. The van der Waals surface area contributed by atoms with Gasteiger partial charge in [0.2, 0.25) is 10.0 Å². The van der Waals surface area contributed by atoms with E-state index in [2.05, 4.69) is 17.1 Å². The maximum absolute atomic E-state index is 12.7. The fourth-order valence-corrected chi connectivity index (χ4v) is 4.32. The SMILES string of the molecule is CCN1CCN(S(=O)(=O)c2ccc(NC(=O)c3ccc(C)o3)cc2)CC1. The number of carbonyl (C=O) groups excluding carboxylic acids is 1. The number of anilines is 1. The monoisotopic (exact) mass is 377 g/mol. The number of benzene rings is 1. The van der Waals surface area contributed by atoms with Crippen LogP contribution in [0.4, 0.5) is 5.69 Å². The van der Waals surface area contributed by atoms with Gasteiger partial charge in [-0.15, -0.1) is 0 Å². The second kappa shape index (κ2) is 7.61. The molecule has 1 aliphatic heterocycles. The first-order valence-electron chi connectivity index (χ1n) is 8.60. The van der Waals surface area contributed by atoms with Crippen molar-refractivity contribution in [1.82, 2.24) is 9.21 Å². The van der Waals surface area contributed by atoms with Gasteiger partial charge in [0.1, 0.15) is 5.76 Å². The van der Waals surface area contributed by atoms with E-state index in [0.717, 1.165) is 19.6 Å². The summed E-state index contributed by atoms with van der Waals surface area (Å²) < 4.78 is 32.3. The van der Waals surface area contributed by atoms with Crippen LogP contribution < -0.4 is 5.32 Å². The minimum absolute atomic E-state index is 0.216. The molecular formula is C18H23N3O4S. The number of amides is 1. The van der Waals surface area contributed by atoms with E-state index in [4.69, 9.17) is 4.42 Å². The molecule has 1 aromatic heterocycles. The first-order chi connectivity index (χ1) is 12.4. The van der Waals surface area contributed by atoms with Crippen molar-refractivity contribution >= 4 is 21.6 Å². The first kappa shape index (κ1) is 18.6. The van der Waals surface area contributed by atoms with E-state index in [9.17, 15) is 13.2 Å². The maximum Gasteiger partial charge on any atom is 0.291 e. The Bertz CT molecular complexity index is 866. The Morgan fingerprint density at radius 1 is 1.08 bits per heavy atom. The predicted octanol–water partition coefficient (Wildman–Crippen LogP) is 2.17. The topological polar surface area (TPSA) is 82.9 Å². The van der Waals surface area contributed by atoms with Gasteiger partial charge in [-0.1, -0.05) is 6.92 Å². The molecule has 1 fully saturated rings. The average molecular weight is 377 g/mol. The molecule has 0 radical (unpaired) electrons. The van der Waals surface area contributed by atoms with Gasteiger partial charge in [0, 0.05) is 31.9 Å². The van der Waals surface area contributed by atoms with Crippen LogP contribution in [-0.4, -0.2) is 56.3 Å². The molecule has 0 aliphatic carbocycles. The van der Waals surface area contributed by atoms with E-state index in [-0.39, 0.29) is 16.6 Å². The Morgan fingerprint density at radius 2 is 1.73 bits per heavy atom. The Morgan fingerprint density at radius 3 is 2.27 bits per heavy atom. The van der Waals surface area contributed by atoms with Crippen LogP contribution in [0.1, 0.15) is 23.2 Å². The summed E-state index contributed by atoms with van der Waals surface area (Å²) in [5.74, 6) is 0.497. The van der Waals surface area contributed by atoms with Crippen LogP contribution in [0.5, 0.6) is 0 Å². The largest absolute Gasteiger partial charge is 0.456 e. The first-order valence-corrected chi connectivity index (χ1v) is 10.0. The lowest BCUT2D eigenvalue weighted by atomic mass is 10.3. The van der Waals surface area contributed by atoms with Gasteiger partial charge >= 0.3 is 0 Å². The predicted molar refractivity (Wildman–Crippen MR) is 98.7 cm³/mol. The second-order valence-corrected chi connectivity index (χ2v) is 8.17. The van der Waals surface area contributed by atoms with E-state index < -0.39 is 10.0 Å². The molecule has 0 bridgehead atoms. The molecular weight excluding hydrogens is 354 g/mol. The Labute approximate surface area is 153 Å². The summed E-state index contributed by atoms with van der Waals surface area (Å²) in [5.41, 5.74) is 0.513. The summed E-state index contributed by atoms with van der Waals surface area (Å²) in [4.78, 5) is 14.5. The minimum Gasteiger partial charge on any atom is -0.456 e. The number of piperazine rings is 1. The number of aryl methyl sites for hydroxylation is 1. The molecule has 0 saturated carbocycles. The molecule has 1 amide bonds. The average Bonchev–Trinajstić information content (AvgIpc) is 3.09. The highest BCUT2D eigenvalue weighted by Gasteiger charge is 2.27. The summed E-state index contributed by atoms with van der Waals surface area (Å²) in [6, 6.07) is 9.52. The van der Waals surface area contributed by atoms with Crippen LogP contribution in [0.15, 0.2) is 45.7 Å². The number of hydrogen-bond acceptors (Lipinski definition) is 5. The van der Waals surface area contributed by atoms with Crippen molar-refractivity contribution in [2.75, 3.05) is 38.0 Å². The van der Waals surface area contributed by atoms with Crippen LogP contribution in [0.2, 0.25) is 0 Å². The molecule has 1 N–H and O–H groups in total. The van der Waals surface area contributed by atoms with Crippen molar-refractivity contribution in [3.8, 4) is 0 Å². The molecule has 140 valence electrons. The van der Waals surface area contributed by atoms with Crippen LogP contribution >= 0.6 is 0 Å². The van der Waals surface area contributed by atoms with Gasteiger partial charge < -0.3 is 14.6 Å². The zero-order chi connectivity index (χ0) is 18.7. The number of sulfonamides is 1. The van der Waals surface area contributed by atoms with Gasteiger partial charge in [0.15, 0.2) is 5.76 Å². The summed E-state index contributed by atoms with van der Waals surface area (Å²) >= 11 is 0. The lowest BCUT2D eigenvalue weighted by Gasteiger charge is -2.33. The van der Waals surface area contributed by atoms with Crippen molar-refractivity contribution in [1.29, 1.82) is 0 Å². The van der Waals surface area contributed by atoms with Gasteiger partial charge in [-0.3, -0.25) is 4.79 Å². The van der Waals surface area contributed by atoms with Gasteiger partial charge in [-0.05, 0) is 49.9 Å². The van der Waals surface area contributed by atoms with Crippen molar-refractivity contribution in [2.45, 2.75) is 18.7 Å². The Balaban J connectivity index is 1.68. The summed E-state index contributed by atoms with van der Waals surface area (Å²) in [7, 11) is -3.51. The molecule has 1 saturated heterocycles. The fourth-order valence-electron chi connectivity index (χ4n) is 2.89. The van der Waals surface area contributed by atoms with Crippen LogP contribution in [0.25, 0.3) is 0 Å². The number of carbonyl (C=O) groups is 1. The maximum atomic E-state index is 12.7. The summed E-state index contributed by atoms with van der Waals surface area (Å²) in [6.07, 6.45) is 0. The van der Waals surface area contributed by atoms with Crippen molar-refractivity contribution in [2.24, 2.45) is 0 Å². The normalized spacial score (nSPS) is 16.5. The van der Waals surface area contributed by atoms with Gasteiger partial charge in [0.05, 0.1) is 4.90 Å². The van der Waals surface area contributed by atoms with Gasteiger partial charge in [0.25, 0.3) is 5.91 Å². The Kier molecular flexibility index (Phi) is 5.45. The number of likely N-dealkylation sites (N-methyl/N-ethyl adjacent to an activating group) is 1. The van der Waals surface area contributed by atoms with E-state index in [1.54, 1.807) is 31.2 Å². The molecule has 0 spiro atoms. The van der Waals surface area contributed by atoms with E-state index in [1.807, 2.05) is 0 Å². The molecule has 1 aromatic carbocycles. The molecule has 1 aliphatic rings. The third kappa shape index (κ3) is 3.98. The van der Waals surface area contributed by atoms with Crippen LogP contribution in [0, 0.1) is 6.92 Å². The molecule has 0 unspecified atom stereocenters. The molecule has 26 heavy (non-hydrogen) atoms. The zero-order valence-electron chi connectivity index (χ0n) is 14.9. The number of nitrogens with zero attached hydrogens (tertiary/aromatic N) is 2. The second-order valence-electron chi connectivity index (χ2n) is 6.23. The molecule has 3 rings (SSSR count). The smallest absolute Gasteiger partial charge is 0.291 e. The highest BCUT2D eigenvalue weighted by Crippen LogP contribution is 2.20. The third-order valence-electron chi connectivity index (χ3n) is 4.49. The lowest BCUT2D eigenvalue weighted by molar-refractivity contribution is 0.0995. The molecule has 8 heteroatoms. The molecule has 7 nitrogen and oxygen atoms in total. The van der Waals surface area contributed by atoms with E-state index in [0.29, 0.717) is 24.5 Å². The summed E-state index contributed by atoms with van der Waals surface area (Å²) in [6.45, 7) is 7.23. The van der Waals surface area contributed by atoms with Crippen LogP contribution in [0.3, 0.4) is 0 Å². The lowest BCUT2D eigenvalue weighted by Crippen LogP contribution is -2.48. The Hall–Kier alpha value is -2.16. The standard InChI is InChI=1S/C18H23N3O4S/c1-3-20-10-12-21(13-11-20)26(23,24)16-7-5-15(6-8-16)19-18(22)17-9-4-14(2)25-17/h4-9H,3,10-13H2,1-2H3,(H,19,22). The fraction of sp³-hybridized carbons (Fsp3) is 0.389. The highest BCUT2D eigenvalue weighted by molar-refractivity contribution is 7.89. The van der Waals surface area contributed by atoms with Crippen molar-refractivity contribution < 1.29 is 17.6 Å². The number of furan rings is 1. The quantitative estimate of drug-likeness (QED) is 0.863. The number of nitrogens with one attached hydrogen (secondary N) is 1. The van der Waals surface area contributed by atoms with Crippen molar-refractivity contribution in [3.05, 3.63) is 47.9 Å². The summed E-state index contributed by atoms with van der Waals surface area (Å²) in [5, 5.41) is 2.70. The molecule has 2 heterocycles. The third-order valence-corrected chi connectivity index (χ3v) is 6.41.